The number of likely N-dealkylation sites (tertiary alicyclic amines) is 1. The minimum absolute atomic E-state index is 0.0369. The Morgan fingerprint density at radius 3 is 2.14 bits per heavy atom. The molecule has 1 aliphatic carbocycles. The van der Waals surface area contributed by atoms with E-state index in [4.69, 9.17) is 14.2 Å². The number of benzene rings is 1. The third kappa shape index (κ3) is 4.18. The lowest BCUT2D eigenvalue weighted by Crippen LogP contribution is -2.49. The molecule has 0 bridgehead atoms. The van der Waals surface area contributed by atoms with Crippen molar-refractivity contribution in [2.75, 3.05) is 27.9 Å². The summed E-state index contributed by atoms with van der Waals surface area (Å²) in [5, 5.41) is 3.16. The van der Waals surface area contributed by atoms with Gasteiger partial charge in [-0.1, -0.05) is 19.3 Å². The van der Waals surface area contributed by atoms with Gasteiger partial charge in [-0.2, -0.15) is 0 Å². The van der Waals surface area contributed by atoms with E-state index in [-0.39, 0.29) is 17.9 Å². The highest BCUT2D eigenvalue weighted by Crippen LogP contribution is 2.39. The Hall–Kier alpha value is -2.44. The standard InChI is InChI=1S/C21H30N2O5/c1-26-17-12-14(13-18(27-2)19(17)28-3)21(25)23-11-7-10-16(23)20(24)22-15-8-5-4-6-9-15/h12-13,15-16H,4-11H2,1-3H3,(H,22,24)/t16-/m0/s1. The van der Waals surface area contributed by atoms with Crippen LogP contribution >= 0.6 is 0 Å². The molecule has 2 aliphatic rings. The SMILES string of the molecule is COc1cc(C(=O)N2CCC[C@H]2C(=O)NC2CCCCC2)cc(OC)c1OC. The van der Waals surface area contributed by atoms with Crippen LogP contribution in [0.4, 0.5) is 0 Å². The zero-order chi connectivity index (χ0) is 20.1. The molecule has 28 heavy (non-hydrogen) atoms. The van der Waals surface area contributed by atoms with Crippen LogP contribution in [-0.4, -0.2) is 56.7 Å². The van der Waals surface area contributed by atoms with Crippen LogP contribution in [0.3, 0.4) is 0 Å². The summed E-state index contributed by atoms with van der Waals surface area (Å²) in [6, 6.07) is 3.09. The largest absolute Gasteiger partial charge is 0.493 e. The van der Waals surface area contributed by atoms with Gasteiger partial charge in [0.2, 0.25) is 11.7 Å². The summed E-state index contributed by atoms with van der Waals surface area (Å²) in [6.07, 6.45) is 7.11. The van der Waals surface area contributed by atoms with E-state index in [0.29, 0.717) is 35.8 Å². The molecule has 1 saturated heterocycles. The molecule has 0 spiro atoms. The predicted octanol–water partition coefficient (Wildman–Crippen LogP) is 2.77. The summed E-state index contributed by atoms with van der Waals surface area (Å²) >= 11 is 0. The molecular formula is C21H30N2O5. The average Bonchev–Trinajstić information content (AvgIpc) is 3.22. The van der Waals surface area contributed by atoms with E-state index in [1.807, 2.05) is 0 Å². The average molecular weight is 390 g/mol. The summed E-state index contributed by atoms with van der Waals surface area (Å²) in [4.78, 5) is 27.7. The topological polar surface area (TPSA) is 77.1 Å². The molecule has 2 fully saturated rings. The van der Waals surface area contributed by atoms with Crippen molar-refractivity contribution in [1.29, 1.82) is 0 Å². The minimum Gasteiger partial charge on any atom is -0.493 e. The zero-order valence-electron chi connectivity index (χ0n) is 17.0. The maximum absolute atomic E-state index is 13.2. The molecule has 7 nitrogen and oxygen atoms in total. The highest BCUT2D eigenvalue weighted by molar-refractivity contribution is 5.99. The Balaban J connectivity index is 1.77. The molecule has 0 radical (unpaired) electrons. The van der Waals surface area contributed by atoms with Crippen LogP contribution in [0.5, 0.6) is 17.2 Å². The van der Waals surface area contributed by atoms with Crippen molar-refractivity contribution in [3.05, 3.63) is 17.7 Å². The van der Waals surface area contributed by atoms with Gasteiger partial charge in [-0.25, -0.2) is 0 Å². The third-order valence-corrected chi connectivity index (χ3v) is 5.68. The number of rotatable bonds is 6. The summed E-state index contributed by atoms with van der Waals surface area (Å²) in [5.74, 6) is 1.06. The van der Waals surface area contributed by atoms with E-state index in [9.17, 15) is 9.59 Å². The number of hydrogen-bond acceptors (Lipinski definition) is 5. The van der Waals surface area contributed by atoms with Crippen molar-refractivity contribution in [2.24, 2.45) is 0 Å². The Kier molecular flexibility index (Phi) is 6.65. The molecule has 1 heterocycles. The van der Waals surface area contributed by atoms with Crippen LogP contribution in [0.2, 0.25) is 0 Å². The molecule has 1 aromatic carbocycles. The van der Waals surface area contributed by atoms with Gasteiger partial charge >= 0.3 is 0 Å². The summed E-state index contributed by atoms with van der Waals surface area (Å²) in [7, 11) is 4.55. The normalized spacial score (nSPS) is 20.0. The lowest BCUT2D eigenvalue weighted by molar-refractivity contribution is -0.125. The Bertz CT molecular complexity index is 690. The van der Waals surface area contributed by atoms with Gasteiger partial charge in [0.15, 0.2) is 11.5 Å². The van der Waals surface area contributed by atoms with Gasteiger partial charge in [0.25, 0.3) is 5.91 Å². The Morgan fingerprint density at radius 1 is 0.929 bits per heavy atom. The molecule has 0 unspecified atom stereocenters. The number of methoxy groups -OCH3 is 3. The molecule has 1 aliphatic heterocycles. The first-order valence-corrected chi connectivity index (χ1v) is 10.0. The summed E-state index contributed by atoms with van der Waals surface area (Å²) in [6.45, 7) is 0.568. The van der Waals surface area contributed by atoms with Gasteiger partial charge in [-0.15, -0.1) is 0 Å². The quantitative estimate of drug-likeness (QED) is 0.808. The van der Waals surface area contributed by atoms with Gasteiger partial charge in [0.1, 0.15) is 6.04 Å². The first-order valence-electron chi connectivity index (χ1n) is 10.0. The van der Waals surface area contributed by atoms with Gasteiger partial charge in [-0.3, -0.25) is 9.59 Å². The number of nitrogens with one attached hydrogen (secondary N) is 1. The van der Waals surface area contributed by atoms with Crippen molar-refractivity contribution in [1.82, 2.24) is 10.2 Å². The molecule has 3 rings (SSSR count). The van der Waals surface area contributed by atoms with Crippen LogP contribution in [-0.2, 0) is 4.79 Å². The second kappa shape index (κ2) is 9.17. The van der Waals surface area contributed by atoms with Crippen LogP contribution < -0.4 is 19.5 Å². The van der Waals surface area contributed by atoms with E-state index in [0.717, 1.165) is 32.1 Å². The first-order chi connectivity index (χ1) is 13.6. The molecule has 0 aromatic heterocycles. The lowest BCUT2D eigenvalue weighted by atomic mass is 9.95. The molecular weight excluding hydrogens is 360 g/mol. The fourth-order valence-corrected chi connectivity index (χ4v) is 4.20. The molecule has 154 valence electrons. The van der Waals surface area contributed by atoms with E-state index < -0.39 is 6.04 Å². The summed E-state index contributed by atoms with van der Waals surface area (Å²) < 4.78 is 16.0. The monoisotopic (exact) mass is 390 g/mol. The second-order valence-corrected chi connectivity index (χ2v) is 7.41. The van der Waals surface area contributed by atoms with E-state index >= 15 is 0 Å². The number of carbonyl (C=O) groups is 2. The van der Waals surface area contributed by atoms with Crippen molar-refractivity contribution in [3.63, 3.8) is 0 Å². The summed E-state index contributed by atoms with van der Waals surface area (Å²) in [5.41, 5.74) is 0.423. The van der Waals surface area contributed by atoms with Gasteiger partial charge in [-0.05, 0) is 37.8 Å². The molecule has 7 heteroatoms. The Morgan fingerprint density at radius 2 is 1.57 bits per heavy atom. The molecule has 1 aromatic rings. The van der Waals surface area contributed by atoms with E-state index in [1.54, 1.807) is 17.0 Å². The number of carbonyl (C=O) groups excluding carboxylic acids is 2. The minimum atomic E-state index is -0.423. The van der Waals surface area contributed by atoms with Crippen molar-refractivity contribution < 1.29 is 23.8 Å². The zero-order valence-corrected chi connectivity index (χ0v) is 17.0. The number of amides is 2. The number of nitrogens with zero attached hydrogens (tertiary/aromatic N) is 1. The predicted molar refractivity (Wildman–Crippen MR) is 105 cm³/mol. The molecule has 1 saturated carbocycles. The van der Waals surface area contributed by atoms with E-state index in [1.165, 1.54) is 27.8 Å². The van der Waals surface area contributed by atoms with Gasteiger partial charge in [0, 0.05) is 18.2 Å². The molecule has 1 atom stereocenters. The fraction of sp³-hybridized carbons (Fsp3) is 0.619. The van der Waals surface area contributed by atoms with Crippen molar-refractivity contribution in [2.45, 2.75) is 57.0 Å². The highest BCUT2D eigenvalue weighted by atomic mass is 16.5. The van der Waals surface area contributed by atoms with Crippen molar-refractivity contribution in [3.8, 4) is 17.2 Å². The van der Waals surface area contributed by atoms with Crippen LogP contribution in [0.1, 0.15) is 55.3 Å². The maximum atomic E-state index is 13.2. The first kappa shape index (κ1) is 20.3. The van der Waals surface area contributed by atoms with Crippen LogP contribution in [0, 0.1) is 0 Å². The number of ether oxygens (including phenoxy) is 3. The van der Waals surface area contributed by atoms with Crippen molar-refractivity contribution >= 4 is 11.8 Å². The van der Waals surface area contributed by atoms with Gasteiger partial charge in [0.05, 0.1) is 21.3 Å². The lowest BCUT2D eigenvalue weighted by Gasteiger charge is -2.28. The molecule has 2 amide bonds. The second-order valence-electron chi connectivity index (χ2n) is 7.41. The van der Waals surface area contributed by atoms with Gasteiger partial charge < -0.3 is 24.4 Å². The highest BCUT2D eigenvalue weighted by Gasteiger charge is 2.36. The molecule has 1 N–H and O–H groups in total. The Labute approximate surface area is 166 Å². The smallest absolute Gasteiger partial charge is 0.254 e. The third-order valence-electron chi connectivity index (χ3n) is 5.68. The maximum Gasteiger partial charge on any atom is 0.254 e. The van der Waals surface area contributed by atoms with Crippen LogP contribution in [0.15, 0.2) is 12.1 Å². The fourth-order valence-electron chi connectivity index (χ4n) is 4.20. The van der Waals surface area contributed by atoms with E-state index in [2.05, 4.69) is 5.32 Å². The van der Waals surface area contributed by atoms with Crippen LogP contribution in [0.25, 0.3) is 0 Å². The number of hydrogen-bond donors (Lipinski definition) is 1.